The van der Waals surface area contributed by atoms with Gasteiger partial charge in [0.1, 0.15) is 0 Å². The number of oxazole rings is 1. The van der Waals surface area contributed by atoms with Crippen molar-refractivity contribution < 1.29 is 9.21 Å². The first kappa shape index (κ1) is 24.7. The van der Waals surface area contributed by atoms with Crippen LogP contribution in [0.2, 0.25) is 0 Å². The SMILES string of the molecule is CCNCc1ccccc1NC(=O)CCCc1ncc(-c2ccccc2)o1.Cl.Cl. The molecule has 0 aliphatic rings. The predicted molar refractivity (Wildman–Crippen MR) is 122 cm³/mol. The van der Waals surface area contributed by atoms with Crippen molar-refractivity contribution >= 4 is 36.4 Å². The van der Waals surface area contributed by atoms with E-state index in [2.05, 4.69) is 22.5 Å². The number of rotatable bonds is 9. The number of carbonyl (C=O) groups excluding carboxylic acids is 1. The lowest BCUT2D eigenvalue weighted by Gasteiger charge is -2.11. The van der Waals surface area contributed by atoms with E-state index in [1.807, 2.05) is 54.6 Å². The molecule has 1 amide bonds. The molecule has 7 heteroatoms. The Hall–Kier alpha value is -2.34. The van der Waals surface area contributed by atoms with Crippen LogP contribution in [-0.4, -0.2) is 17.4 Å². The van der Waals surface area contributed by atoms with Gasteiger partial charge in [-0.05, 0) is 24.6 Å². The van der Waals surface area contributed by atoms with Crippen molar-refractivity contribution in [1.82, 2.24) is 10.3 Å². The zero-order chi connectivity index (χ0) is 18.9. The van der Waals surface area contributed by atoms with Gasteiger partial charge in [-0.1, -0.05) is 55.5 Å². The third-order valence-corrected chi connectivity index (χ3v) is 4.26. The molecule has 2 aromatic carbocycles. The predicted octanol–water partition coefficient (Wildman–Crippen LogP) is 5.26. The molecule has 2 N–H and O–H groups in total. The highest BCUT2D eigenvalue weighted by atomic mass is 35.5. The van der Waals surface area contributed by atoms with E-state index < -0.39 is 0 Å². The number of hydrogen-bond donors (Lipinski definition) is 2. The molecule has 0 bridgehead atoms. The van der Waals surface area contributed by atoms with Crippen LogP contribution in [0, 0.1) is 0 Å². The van der Waals surface area contributed by atoms with E-state index >= 15 is 0 Å². The van der Waals surface area contributed by atoms with Crippen LogP contribution in [0.5, 0.6) is 0 Å². The van der Waals surface area contributed by atoms with Gasteiger partial charge in [-0.15, -0.1) is 24.8 Å². The Morgan fingerprint density at radius 3 is 2.52 bits per heavy atom. The summed E-state index contributed by atoms with van der Waals surface area (Å²) in [4.78, 5) is 16.6. The van der Waals surface area contributed by atoms with Crippen molar-refractivity contribution in [3.63, 3.8) is 0 Å². The Balaban J connectivity index is 0.00000210. The topological polar surface area (TPSA) is 67.2 Å². The number of carbonyl (C=O) groups is 1. The largest absolute Gasteiger partial charge is 0.441 e. The molecule has 0 radical (unpaired) electrons. The molecular weight excluding hydrogens is 409 g/mol. The molecule has 0 fully saturated rings. The van der Waals surface area contributed by atoms with Gasteiger partial charge in [0.15, 0.2) is 11.7 Å². The summed E-state index contributed by atoms with van der Waals surface area (Å²) in [7, 11) is 0. The van der Waals surface area contributed by atoms with Crippen molar-refractivity contribution in [2.24, 2.45) is 0 Å². The van der Waals surface area contributed by atoms with Crippen LogP contribution in [0.1, 0.15) is 31.2 Å². The Morgan fingerprint density at radius 2 is 1.76 bits per heavy atom. The molecule has 0 saturated carbocycles. The molecule has 0 aliphatic heterocycles. The highest BCUT2D eigenvalue weighted by Crippen LogP contribution is 2.21. The van der Waals surface area contributed by atoms with Gasteiger partial charge in [0.2, 0.25) is 5.91 Å². The molecule has 0 saturated heterocycles. The zero-order valence-corrected chi connectivity index (χ0v) is 18.0. The summed E-state index contributed by atoms with van der Waals surface area (Å²) in [6, 6.07) is 17.8. The monoisotopic (exact) mass is 435 g/mol. The standard InChI is InChI=1S/C22H25N3O2.2ClH/c1-2-23-15-18-11-6-7-12-19(18)25-21(26)13-8-14-22-24-16-20(27-22)17-9-4-3-5-10-17;;/h3-7,9-12,16,23H,2,8,13-15H2,1H3,(H,25,26);2*1H. The zero-order valence-electron chi connectivity index (χ0n) is 16.4. The Kier molecular flexibility index (Phi) is 11.1. The van der Waals surface area contributed by atoms with Gasteiger partial charge in [0.25, 0.3) is 0 Å². The highest BCUT2D eigenvalue weighted by molar-refractivity contribution is 5.91. The van der Waals surface area contributed by atoms with Crippen LogP contribution in [-0.2, 0) is 17.8 Å². The molecule has 5 nitrogen and oxygen atoms in total. The van der Waals surface area contributed by atoms with Crippen LogP contribution < -0.4 is 10.6 Å². The number of aromatic nitrogens is 1. The molecule has 1 heterocycles. The number of aryl methyl sites for hydroxylation is 1. The van der Waals surface area contributed by atoms with Crippen molar-refractivity contribution in [3.05, 3.63) is 72.2 Å². The summed E-state index contributed by atoms with van der Waals surface area (Å²) in [6.07, 6.45) is 3.50. The number of benzene rings is 2. The van der Waals surface area contributed by atoms with Crippen LogP contribution in [0.25, 0.3) is 11.3 Å². The first-order valence-corrected chi connectivity index (χ1v) is 9.35. The van der Waals surface area contributed by atoms with Crippen LogP contribution in [0.3, 0.4) is 0 Å². The van der Waals surface area contributed by atoms with Crippen LogP contribution >= 0.6 is 24.8 Å². The summed E-state index contributed by atoms with van der Waals surface area (Å²) in [6.45, 7) is 3.70. The van der Waals surface area contributed by atoms with Gasteiger partial charge in [0, 0.05) is 30.6 Å². The Morgan fingerprint density at radius 1 is 1.03 bits per heavy atom. The number of anilines is 1. The lowest BCUT2D eigenvalue weighted by molar-refractivity contribution is -0.116. The quantitative estimate of drug-likeness (QED) is 0.481. The van der Waals surface area contributed by atoms with Gasteiger partial charge in [-0.3, -0.25) is 4.79 Å². The molecule has 29 heavy (non-hydrogen) atoms. The molecule has 1 aromatic heterocycles. The van der Waals surface area contributed by atoms with E-state index in [-0.39, 0.29) is 30.7 Å². The fourth-order valence-electron chi connectivity index (χ4n) is 2.83. The van der Waals surface area contributed by atoms with Crippen molar-refractivity contribution in [1.29, 1.82) is 0 Å². The second-order valence-electron chi connectivity index (χ2n) is 6.32. The lowest BCUT2D eigenvalue weighted by atomic mass is 10.1. The van der Waals surface area contributed by atoms with Crippen LogP contribution in [0.15, 0.2) is 65.2 Å². The van der Waals surface area contributed by atoms with E-state index in [0.29, 0.717) is 25.2 Å². The van der Waals surface area contributed by atoms with Gasteiger partial charge < -0.3 is 15.1 Å². The van der Waals surface area contributed by atoms with Gasteiger partial charge in [0.05, 0.1) is 6.20 Å². The highest BCUT2D eigenvalue weighted by Gasteiger charge is 2.09. The Labute approximate surface area is 184 Å². The lowest BCUT2D eigenvalue weighted by Crippen LogP contribution is -2.17. The summed E-state index contributed by atoms with van der Waals surface area (Å²) in [5.74, 6) is 1.43. The summed E-state index contributed by atoms with van der Waals surface area (Å²) in [5, 5.41) is 6.29. The Bertz CT molecular complexity index is 869. The number of nitrogens with one attached hydrogen (secondary N) is 2. The van der Waals surface area contributed by atoms with E-state index in [0.717, 1.165) is 35.7 Å². The number of para-hydroxylation sites is 1. The minimum absolute atomic E-state index is 0. The fraction of sp³-hybridized carbons (Fsp3) is 0.273. The second-order valence-corrected chi connectivity index (χ2v) is 6.32. The maximum absolute atomic E-state index is 12.3. The third-order valence-electron chi connectivity index (χ3n) is 4.26. The number of nitrogens with zero attached hydrogens (tertiary/aromatic N) is 1. The van der Waals surface area contributed by atoms with Gasteiger partial charge >= 0.3 is 0 Å². The van der Waals surface area contributed by atoms with Crippen molar-refractivity contribution in [2.45, 2.75) is 32.7 Å². The average molecular weight is 436 g/mol. The van der Waals surface area contributed by atoms with Crippen LogP contribution in [0.4, 0.5) is 5.69 Å². The average Bonchev–Trinajstić information content (AvgIpc) is 3.17. The molecule has 3 aromatic rings. The maximum Gasteiger partial charge on any atom is 0.224 e. The molecular formula is C22H27Cl2N3O2. The molecule has 156 valence electrons. The van der Waals surface area contributed by atoms with Gasteiger partial charge in [-0.25, -0.2) is 4.98 Å². The molecule has 0 atom stereocenters. The normalized spacial score (nSPS) is 9.97. The van der Waals surface area contributed by atoms with E-state index in [4.69, 9.17) is 4.42 Å². The molecule has 3 rings (SSSR count). The summed E-state index contributed by atoms with van der Waals surface area (Å²) >= 11 is 0. The molecule has 0 spiro atoms. The maximum atomic E-state index is 12.3. The first-order valence-electron chi connectivity index (χ1n) is 9.35. The minimum atomic E-state index is 0. The molecule has 0 aliphatic carbocycles. The van der Waals surface area contributed by atoms with E-state index in [1.54, 1.807) is 6.20 Å². The van der Waals surface area contributed by atoms with Crippen molar-refractivity contribution in [2.75, 3.05) is 11.9 Å². The number of hydrogen-bond acceptors (Lipinski definition) is 4. The smallest absolute Gasteiger partial charge is 0.224 e. The fourth-order valence-corrected chi connectivity index (χ4v) is 2.83. The van der Waals surface area contributed by atoms with Crippen molar-refractivity contribution in [3.8, 4) is 11.3 Å². The number of amides is 1. The first-order chi connectivity index (χ1) is 13.3. The van der Waals surface area contributed by atoms with Gasteiger partial charge in [-0.2, -0.15) is 0 Å². The second kappa shape index (κ2) is 13.0. The number of halogens is 2. The third kappa shape index (κ3) is 7.54. The summed E-state index contributed by atoms with van der Waals surface area (Å²) < 4.78 is 5.78. The summed E-state index contributed by atoms with van der Waals surface area (Å²) in [5.41, 5.74) is 2.96. The van der Waals surface area contributed by atoms with E-state index in [1.165, 1.54) is 0 Å². The van der Waals surface area contributed by atoms with E-state index in [9.17, 15) is 4.79 Å². The molecule has 0 unspecified atom stereocenters. The minimum Gasteiger partial charge on any atom is -0.441 e.